The Bertz CT molecular complexity index is 1390. The van der Waals surface area contributed by atoms with E-state index in [-0.39, 0.29) is 5.69 Å². The van der Waals surface area contributed by atoms with E-state index in [2.05, 4.69) is 68.6 Å². The number of aromatic nitrogens is 7. The van der Waals surface area contributed by atoms with Crippen LogP contribution >= 0.6 is 0 Å². The van der Waals surface area contributed by atoms with Crippen LogP contribution in [0.4, 0.5) is 0 Å². The molecule has 5 rings (SSSR count). The number of aromatic amines is 1. The summed E-state index contributed by atoms with van der Waals surface area (Å²) < 4.78 is 5.81. The number of dihydropyridines is 1. The summed E-state index contributed by atoms with van der Waals surface area (Å²) in [4.78, 5) is 13.8. The van der Waals surface area contributed by atoms with Crippen LogP contribution in [0.15, 0.2) is 78.1 Å². The number of nitrogens with zero attached hydrogens (tertiary/aromatic N) is 6. The molecule has 4 heterocycles. The predicted octanol–water partition coefficient (Wildman–Crippen LogP) is 3.55. The van der Waals surface area contributed by atoms with E-state index in [4.69, 9.17) is 0 Å². The third-order valence-electron chi connectivity index (χ3n) is 6.62. The van der Waals surface area contributed by atoms with E-state index in [0.717, 1.165) is 48.4 Å². The van der Waals surface area contributed by atoms with Gasteiger partial charge >= 0.3 is 5.69 Å². The molecular formula is C26H30N8O. The zero-order valence-corrected chi connectivity index (χ0v) is 20.1. The second-order valence-electron chi connectivity index (χ2n) is 8.81. The minimum Gasteiger partial charge on any atom is -0.368 e. The molecule has 0 fully saturated rings. The Hall–Kier alpha value is -4.14. The molecular weight excluding hydrogens is 440 g/mol. The maximum absolute atomic E-state index is 13.8. The molecule has 9 nitrogen and oxygen atoms in total. The van der Waals surface area contributed by atoms with Crippen LogP contribution < -0.4 is 11.0 Å². The number of hydrogen-bond donors (Lipinski definition) is 2. The van der Waals surface area contributed by atoms with Crippen molar-refractivity contribution in [2.45, 2.75) is 51.6 Å². The Morgan fingerprint density at radius 1 is 1.09 bits per heavy atom. The number of imidazole rings is 1. The van der Waals surface area contributed by atoms with Crippen molar-refractivity contribution in [1.82, 2.24) is 39.6 Å². The summed E-state index contributed by atoms with van der Waals surface area (Å²) in [5.74, 6) is 1.43. The van der Waals surface area contributed by atoms with Crippen molar-refractivity contribution in [3.8, 4) is 17.2 Å². The molecule has 0 saturated heterocycles. The van der Waals surface area contributed by atoms with Gasteiger partial charge in [-0.15, -0.1) is 10.2 Å². The van der Waals surface area contributed by atoms with Gasteiger partial charge in [-0.1, -0.05) is 43.7 Å². The van der Waals surface area contributed by atoms with Gasteiger partial charge in [0.15, 0.2) is 0 Å². The average molecular weight is 471 g/mol. The van der Waals surface area contributed by atoms with Gasteiger partial charge in [-0.05, 0) is 61.1 Å². The first kappa shape index (κ1) is 22.6. The van der Waals surface area contributed by atoms with Gasteiger partial charge in [-0.3, -0.25) is 9.13 Å². The maximum atomic E-state index is 13.8. The number of tetrazole rings is 1. The van der Waals surface area contributed by atoms with Gasteiger partial charge in [0.25, 0.3) is 0 Å². The van der Waals surface area contributed by atoms with Crippen molar-refractivity contribution in [3.05, 3.63) is 95.1 Å². The Morgan fingerprint density at radius 3 is 2.69 bits per heavy atom. The van der Waals surface area contributed by atoms with E-state index >= 15 is 0 Å². The lowest BCUT2D eigenvalue weighted by Gasteiger charge is -2.31. The Balaban J connectivity index is 1.61. The zero-order chi connectivity index (χ0) is 24.3. The van der Waals surface area contributed by atoms with Crippen LogP contribution in [0.5, 0.6) is 0 Å². The van der Waals surface area contributed by atoms with Gasteiger partial charge in [0.2, 0.25) is 5.82 Å². The van der Waals surface area contributed by atoms with Crippen molar-refractivity contribution in [3.63, 3.8) is 0 Å². The number of hydrogen-bond acceptors (Lipinski definition) is 5. The van der Waals surface area contributed by atoms with Crippen molar-refractivity contribution < 1.29 is 0 Å². The molecule has 0 bridgehead atoms. The summed E-state index contributed by atoms with van der Waals surface area (Å²) in [6.45, 7) is 5.54. The zero-order valence-electron chi connectivity index (χ0n) is 20.1. The highest BCUT2D eigenvalue weighted by atomic mass is 16.1. The molecule has 4 aromatic rings. The SMILES string of the molecule is CCCCc1cn(-c2cccn2CC)c(=O)n1CC1(c2cccc(-c3nn[nH]n3)c2)C=CNC=C1. The lowest BCUT2D eigenvalue weighted by Crippen LogP contribution is -2.36. The van der Waals surface area contributed by atoms with Crippen LogP contribution in [0, 0.1) is 0 Å². The summed E-state index contributed by atoms with van der Waals surface area (Å²) >= 11 is 0. The van der Waals surface area contributed by atoms with E-state index in [1.807, 2.05) is 53.6 Å². The molecule has 180 valence electrons. The van der Waals surface area contributed by atoms with E-state index < -0.39 is 5.41 Å². The quantitative estimate of drug-likeness (QED) is 0.390. The molecule has 1 aromatic carbocycles. The van der Waals surface area contributed by atoms with Gasteiger partial charge in [-0.2, -0.15) is 5.21 Å². The Kier molecular flexibility index (Phi) is 6.22. The second kappa shape index (κ2) is 9.61. The number of benzene rings is 1. The number of aryl methyl sites for hydroxylation is 2. The number of unbranched alkanes of at least 4 members (excludes halogenated alkanes) is 1. The van der Waals surface area contributed by atoms with Gasteiger partial charge in [0.05, 0.1) is 5.41 Å². The highest BCUT2D eigenvalue weighted by Gasteiger charge is 2.31. The first-order valence-corrected chi connectivity index (χ1v) is 12.1. The predicted molar refractivity (Wildman–Crippen MR) is 135 cm³/mol. The van der Waals surface area contributed by atoms with Crippen LogP contribution in [0.1, 0.15) is 37.9 Å². The topological polar surface area (TPSA) is 98.4 Å². The molecule has 0 spiro atoms. The first-order chi connectivity index (χ1) is 17.1. The van der Waals surface area contributed by atoms with Crippen molar-refractivity contribution in [2.75, 3.05) is 0 Å². The summed E-state index contributed by atoms with van der Waals surface area (Å²) in [5, 5.41) is 17.6. The highest BCUT2D eigenvalue weighted by molar-refractivity contribution is 5.57. The molecule has 0 radical (unpaired) electrons. The molecule has 1 aliphatic heterocycles. The number of H-pyrrole nitrogens is 1. The summed E-state index contributed by atoms with van der Waals surface area (Å²) in [6.07, 6.45) is 15.0. The Morgan fingerprint density at radius 2 is 1.94 bits per heavy atom. The van der Waals surface area contributed by atoms with Gasteiger partial charge < -0.3 is 9.88 Å². The van der Waals surface area contributed by atoms with Crippen LogP contribution in [0.25, 0.3) is 17.2 Å². The molecule has 1 aliphatic rings. The van der Waals surface area contributed by atoms with Crippen LogP contribution in [-0.2, 0) is 24.9 Å². The van der Waals surface area contributed by atoms with Gasteiger partial charge in [0, 0.05) is 36.7 Å². The number of rotatable bonds is 9. The van der Waals surface area contributed by atoms with Gasteiger partial charge in [0.1, 0.15) is 5.82 Å². The molecule has 9 heteroatoms. The van der Waals surface area contributed by atoms with Crippen molar-refractivity contribution in [2.24, 2.45) is 0 Å². The van der Waals surface area contributed by atoms with Crippen molar-refractivity contribution >= 4 is 0 Å². The largest absolute Gasteiger partial charge is 0.368 e. The third kappa shape index (κ3) is 4.25. The van der Waals surface area contributed by atoms with Crippen LogP contribution in [0.2, 0.25) is 0 Å². The van der Waals surface area contributed by atoms with Crippen molar-refractivity contribution in [1.29, 1.82) is 0 Å². The smallest absolute Gasteiger partial charge is 0.334 e. The average Bonchev–Trinajstić information content (AvgIpc) is 3.65. The molecule has 35 heavy (non-hydrogen) atoms. The fourth-order valence-corrected chi connectivity index (χ4v) is 4.70. The highest BCUT2D eigenvalue weighted by Crippen LogP contribution is 2.33. The van der Waals surface area contributed by atoms with E-state index in [1.165, 1.54) is 0 Å². The standard InChI is InChI=1S/C26H30N8O/c1-3-5-10-22-18-33(23-11-7-16-32(23)4-2)25(35)34(22)19-26(12-14-27-15-13-26)21-9-6-8-20(17-21)24-28-30-31-29-24/h6-9,11-18,27H,3-5,10,19H2,1-2H3,(H,28,29,30,31). The fraction of sp³-hybridized carbons (Fsp3) is 0.308. The molecule has 0 saturated carbocycles. The molecule has 0 atom stereocenters. The second-order valence-corrected chi connectivity index (χ2v) is 8.81. The number of allylic oxidation sites excluding steroid dienone is 2. The lowest BCUT2D eigenvalue weighted by molar-refractivity contribution is 0.495. The first-order valence-electron chi connectivity index (χ1n) is 12.1. The number of nitrogens with one attached hydrogen (secondary N) is 2. The lowest BCUT2D eigenvalue weighted by atomic mass is 9.78. The van der Waals surface area contributed by atoms with Crippen LogP contribution in [-0.4, -0.2) is 34.3 Å². The van der Waals surface area contributed by atoms with E-state index in [9.17, 15) is 4.79 Å². The molecule has 0 aliphatic carbocycles. The minimum absolute atomic E-state index is 0.0291. The normalized spacial score (nSPS) is 14.3. The Labute approximate surface area is 203 Å². The summed E-state index contributed by atoms with van der Waals surface area (Å²) in [5.41, 5.74) is 2.40. The molecule has 0 amide bonds. The minimum atomic E-state index is -0.519. The fourth-order valence-electron chi connectivity index (χ4n) is 4.70. The summed E-state index contributed by atoms with van der Waals surface area (Å²) in [7, 11) is 0. The molecule has 2 N–H and O–H groups in total. The van der Waals surface area contributed by atoms with Crippen LogP contribution in [0.3, 0.4) is 0 Å². The van der Waals surface area contributed by atoms with E-state index in [0.29, 0.717) is 12.4 Å². The summed E-state index contributed by atoms with van der Waals surface area (Å²) in [6, 6.07) is 12.1. The third-order valence-corrected chi connectivity index (χ3v) is 6.62. The van der Waals surface area contributed by atoms with Gasteiger partial charge in [-0.25, -0.2) is 4.79 Å². The van der Waals surface area contributed by atoms with E-state index in [1.54, 1.807) is 4.57 Å². The molecule has 0 unspecified atom stereocenters. The molecule has 3 aromatic heterocycles. The monoisotopic (exact) mass is 470 g/mol. The maximum Gasteiger partial charge on any atom is 0.334 e.